The van der Waals surface area contributed by atoms with Crippen LogP contribution in [0.2, 0.25) is 5.02 Å². The number of aliphatic imine (C=N–C) groups is 1. The zero-order valence-electron chi connectivity index (χ0n) is 9.98. The third-order valence-corrected chi connectivity index (χ3v) is 2.79. The molecule has 0 aliphatic carbocycles. The second kappa shape index (κ2) is 4.78. The lowest BCUT2D eigenvalue weighted by Gasteiger charge is -2.30. The van der Waals surface area contributed by atoms with E-state index >= 15 is 0 Å². The molecule has 18 heavy (non-hydrogen) atoms. The molecule has 0 radical (unpaired) electrons. The van der Waals surface area contributed by atoms with Crippen LogP contribution < -0.4 is 10.4 Å². The molecule has 1 heterocycles. The van der Waals surface area contributed by atoms with Gasteiger partial charge in [0.1, 0.15) is 6.04 Å². The van der Waals surface area contributed by atoms with Crippen LogP contribution in [0.3, 0.4) is 0 Å². The van der Waals surface area contributed by atoms with Gasteiger partial charge in [0.25, 0.3) is 5.91 Å². The molecule has 6 heteroatoms. The fourth-order valence-electron chi connectivity index (χ4n) is 1.58. The topological polar surface area (TPSA) is 61.8 Å². The van der Waals surface area contributed by atoms with E-state index < -0.39 is 6.04 Å². The molecule has 1 amide bonds. The van der Waals surface area contributed by atoms with Crippen molar-refractivity contribution in [3.63, 3.8) is 0 Å². The number of benzene rings is 1. The van der Waals surface area contributed by atoms with Gasteiger partial charge in [-0.15, -0.1) is 0 Å². The lowest BCUT2D eigenvalue weighted by atomic mass is 10.2. The van der Waals surface area contributed by atoms with Crippen molar-refractivity contribution >= 4 is 34.8 Å². The normalized spacial score (nSPS) is 19.3. The minimum absolute atomic E-state index is 0.178. The van der Waals surface area contributed by atoms with Gasteiger partial charge in [-0.1, -0.05) is 11.6 Å². The Morgan fingerprint density at radius 3 is 2.56 bits per heavy atom. The Balaban J connectivity index is 2.34. The zero-order chi connectivity index (χ0) is 13.3. The van der Waals surface area contributed by atoms with Crippen molar-refractivity contribution in [2.75, 3.05) is 5.01 Å². The van der Waals surface area contributed by atoms with E-state index in [1.54, 1.807) is 31.2 Å². The third kappa shape index (κ3) is 2.36. The molecule has 94 valence electrons. The second-order valence-corrected chi connectivity index (χ2v) is 4.41. The number of hydrazine groups is 1. The van der Waals surface area contributed by atoms with Crippen molar-refractivity contribution in [1.82, 2.24) is 5.43 Å². The van der Waals surface area contributed by atoms with E-state index in [9.17, 15) is 9.59 Å². The summed E-state index contributed by atoms with van der Waals surface area (Å²) in [6.07, 6.45) is 0. The monoisotopic (exact) mass is 265 g/mol. The predicted molar refractivity (Wildman–Crippen MR) is 69.7 cm³/mol. The number of hydrogen-bond acceptors (Lipinski definition) is 4. The molecule has 1 aliphatic heterocycles. The molecular formula is C12H12ClN3O2. The zero-order valence-corrected chi connectivity index (χ0v) is 10.7. The van der Waals surface area contributed by atoms with Gasteiger partial charge in [0, 0.05) is 11.9 Å². The highest BCUT2D eigenvalue weighted by Gasteiger charge is 2.29. The van der Waals surface area contributed by atoms with E-state index in [1.165, 1.54) is 11.9 Å². The van der Waals surface area contributed by atoms with Gasteiger partial charge in [0.2, 0.25) is 0 Å². The van der Waals surface area contributed by atoms with Crippen LogP contribution in [0.1, 0.15) is 13.8 Å². The van der Waals surface area contributed by atoms with Crippen LogP contribution in [0.25, 0.3) is 0 Å². The summed E-state index contributed by atoms with van der Waals surface area (Å²) in [5.74, 6) is -0.257. The van der Waals surface area contributed by atoms with E-state index in [0.717, 1.165) is 0 Å². The first-order valence-corrected chi connectivity index (χ1v) is 5.82. The number of amides is 1. The molecule has 1 atom stereocenters. The van der Waals surface area contributed by atoms with E-state index in [0.29, 0.717) is 10.7 Å². The molecule has 0 aromatic heterocycles. The minimum Gasteiger partial charge on any atom is -0.291 e. The van der Waals surface area contributed by atoms with Crippen LogP contribution in [0, 0.1) is 0 Å². The van der Waals surface area contributed by atoms with Gasteiger partial charge >= 0.3 is 0 Å². The number of ketones is 1. The number of anilines is 1. The molecule has 0 fully saturated rings. The molecule has 1 aromatic rings. The standard InChI is InChI=1S/C12H12ClN3O2/c1-7-12(18)16(15-11(14-7)8(2)17)10-5-3-9(13)4-6-10/h3-7H,1-2H3,(H,14,15). The van der Waals surface area contributed by atoms with Gasteiger partial charge < -0.3 is 0 Å². The van der Waals surface area contributed by atoms with Crippen LogP contribution in [0.4, 0.5) is 5.69 Å². The lowest BCUT2D eigenvalue weighted by molar-refractivity contribution is -0.120. The molecule has 1 aromatic carbocycles. The van der Waals surface area contributed by atoms with E-state index in [2.05, 4.69) is 10.4 Å². The molecular weight excluding hydrogens is 254 g/mol. The molecule has 1 aliphatic rings. The van der Waals surface area contributed by atoms with Gasteiger partial charge in [0.15, 0.2) is 11.6 Å². The van der Waals surface area contributed by atoms with Crippen LogP contribution in [-0.4, -0.2) is 23.6 Å². The molecule has 0 saturated carbocycles. The number of amidine groups is 1. The number of carbonyl (C=O) groups excluding carboxylic acids is 2. The van der Waals surface area contributed by atoms with Gasteiger partial charge in [0.05, 0.1) is 5.69 Å². The van der Waals surface area contributed by atoms with Gasteiger partial charge in [-0.25, -0.2) is 5.01 Å². The van der Waals surface area contributed by atoms with Crippen LogP contribution in [-0.2, 0) is 9.59 Å². The van der Waals surface area contributed by atoms with Crippen LogP contribution in [0.5, 0.6) is 0 Å². The summed E-state index contributed by atoms with van der Waals surface area (Å²) in [7, 11) is 0. The molecule has 0 bridgehead atoms. The molecule has 0 spiro atoms. The highest BCUT2D eigenvalue weighted by Crippen LogP contribution is 2.19. The van der Waals surface area contributed by atoms with E-state index in [-0.39, 0.29) is 17.5 Å². The number of hydrogen-bond donors (Lipinski definition) is 1. The highest BCUT2D eigenvalue weighted by molar-refractivity contribution is 6.39. The number of nitrogens with zero attached hydrogens (tertiary/aromatic N) is 2. The summed E-state index contributed by atoms with van der Waals surface area (Å²) in [6, 6.07) is 6.16. The van der Waals surface area contributed by atoms with Crippen molar-refractivity contribution in [2.45, 2.75) is 19.9 Å². The fraction of sp³-hybridized carbons (Fsp3) is 0.250. The van der Waals surface area contributed by atoms with Gasteiger partial charge in [-0.05, 0) is 31.2 Å². The first-order chi connectivity index (χ1) is 8.49. The Morgan fingerprint density at radius 2 is 2.00 bits per heavy atom. The lowest BCUT2D eigenvalue weighted by Crippen LogP contribution is -2.55. The number of carbonyl (C=O) groups is 2. The average Bonchev–Trinajstić information content (AvgIpc) is 2.33. The maximum absolute atomic E-state index is 12.0. The van der Waals surface area contributed by atoms with Crippen molar-refractivity contribution < 1.29 is 9.59 Å². The Labute approximate surface area is 109 Å². The van der Waals surface area contributed by atoms with Crippen molar-refractivity contribution in [2.24, 2.45) is 4.99 Å². The van der Waals surface area contributed by atoms with Crippen LogP contribution >= 0.6 is 11.6 Å². The Morgan fingerprint density at radius 1 is 1.39 bits per heavy atom. The Hall–Kier alpha value is -1.88. The number of halogens is 1. The van der Waals surface area contributed by atoms with E-state index in [1.807, 2.05) is 0 Å². The summed E-state index contributed by atoms with van der Waals surface area (Å²) in [4.78, 5) is 27.3. The summed E-state index contributed by atoms with van der Waals surface area (Å²) in [5.41, 5.74) is 3.33. The largest absolute Gasteiger partial charge is 0.291 e. The smallest absolute Gasteiger partial charge is 0.270 e. The van der Waals surface area contributed by atoms with E-state index in [4.69, 9.17) is 11.6 Å². The molecule has 1 unspecified atom stereocenters. The SMILES string of the molecule is CC(=O)C1=NC(C)C(=O)N(c2ccc(Cl)cc2)N1. The molecule has 2 rings (SSSR count). The Bertz CT molecular complexity index is 525. The summed E-state index contributed by atoms with van der Waals surface area (Å²) < 4.78 is 0. The van der Waals surface area contributed by atoms with Crippen molar-refractivity contribution in [1.29, 1.82) is 0 Å². The van der Waals surface area contributed by atoms with Gasteiger partial charge in [-0.3, -0.25) is 20.0 Å². The van der Waals surface area contributed by atoms with Crippen molar-refractivity contribution in [3.8, 4) is 0 Å². The maximum Gasteiger partial charge on any atom is 0.270 e. The molecule has 0 saturated heterocycles. The summed E-state index contributed by atoms with van der Waals surface area (Å²) in [5, 5.41) is 1.89. The van der Waals surface area contributed by atoms with Crippen LogP contribution in [0.15, 0.2) is 29.3 Å². The average molecular weight is 266 g/mol. The molecule has 1 N–H and O–H groups in total. The third-order valence-electron chi connectivity index (χ3n) is 2.54. The second-order valence-electron chi connectivity index (χ2n) is 3.97. The summed E-state index contributed by atoms with van der Waals surface area (Å²) >= 11 is 5.79. The fourth-order valence-corrected chi connectivity index (χ4v) is 1.70. The quantitative estimate of drug-likeness (QED) is 0.883. The number of nitrogens with one attached hydrogen (secondary N) is 1. The predicted octanol–water partition coefficient (Wildman–Crippen LogP) is 1.57. The highest BCUT2D eigenvalue weighted by atomic mass is 35.5. The maximum atomic E-state index is 12.0. The molecule has 5 nitrogen and oxygen atoms in total. The summed E-state index contributed by atoms with van der Waals surface area (Å²) in [6.45, 7) is 3.05. The minimum atomic E-state index is -0.583. The van der Waals surface area contributed by atoms with Gasteiger partial charge in [-0.2, -0.15) is 0 Å². The number of Topliss-reactive ketones (excluding diaryl/α,β-unsaturated/α-hetero) is 1. The Kier molecular flexibility index (Phi) is 3.34. The first kappa shape index (κ1) is 12.6. The number of rotatable bonds is 2. The first-order valence-electron chi connectivity index (χ1n) is 5.44. The van der Waals surface area contributed by atoms with Crippen molar-refractivity contribution in [3.05, 3.63) is 29.3 Å².